The molecule has 6 nitrogen and oxygen atoms in total. The molecule has 0 aromatic carbocycles. The molecule has 1 aromatic rings. The van der Waals surface area contributed by atoms with Crippen molar-refractivity contribution in [1.29, 1.82) is 0 Å². The SMILES string of the molecule is COC(=O)[C@H](C)NC(=O)c1cc(Cl)nn1C. The van der Waals surface area contributed by atoms with Crippen molar-refractivity contribution >= 4 is 23.5 Å². The van der Waals surface area contributed by atoms with Crippen molar-refractivity contribution in [2.24, 2.45) is 7.05 Å². The van der Waals surface area contributed by atoms with Crippen LogP contribution in [0.5, 0.6) is 0 Å². The van der Waals surface area contributed by atoms with Crippen LogP contribution in [0.3, 0.4) is 0 Å². The first-order valence-corrected chi connectivity index (χ1v) is 4.91. The van der Waals surface area contributed by atoms with Crippen LogP contribution in [0.15, 0.2) is 6.07 Å². The normalized spacial score (nSPS) is 12.0. The van der Waals surface area contributed by atoms with Gasteiger partial charge in [-0.2, -0.15) is 5.10 Å². The van der Waals surface area contributed by atoms with Gasteiger partial charge in [0.05, 0.1) is 7.11 Å². The van der Waals surface area contributed by atoms with E-state index in [1.807, 2.05) is 0 Å². The average Bonchev–Trinajstić information content (AvgIpc) is 2.56. The van der Waals surface area contributed by atoms with Crippen molar-refractivity contribution in [1.82, 2.24) is 15.1 Å². The number of halogens is 1. The van der Waals surface area contributed by atoms with Crippen molar-refractivity contribution in [3.63, 3.8) is 0 Å². The maximum Gasteiger partial charge on any atom is 0.328 e. The molecule has 1 atom stereocenters. The molecule has 0 spiro atoms. The summed E-state index contributed by atoms with van der Waals surface area (Å²) in [6, 6.07) is 0.701. The fraction of sp³-hybridized carbons (Fsp3) is 0.444. The van der Waals surface area contributed by atoms with Crippen LogP contribution in [-0.2, 0) is 16.6 Å². The van der Waals surface area contributed by atoms with Gasteiger partial charge >= 0.3 is 5.97 Å². The van der Waals surface area contributed by atoms with Crippen LogP contribution in [0, 0.1) is 0 Å². The lowest BCUT2D eigenvalue weighted by atomic mass is 10.3. The summed E-state index contributed by atoms with van der Waals surface area (Å²) in [5, 5.41) is 6.50. The predicted molar refractivity (Wildman–Crippen MR) is 57.2 cm³/mol. The minimum atomic E-state index is -0.717. The maximum atomic E-state index is 11.7. The van der Waals surface area contributed by atoms with E-state index in [1.165, 1.54) is 24.8 Å². The molecule has 0 fully saturated rings. The quantitative estimate of drug-likeness (QED) is 0.781. The van der Waals surface area contributed by atoms with Crippen LogP contribution >= 0.6 is 11.6 Å². The van der Waals surface area contributed by atoms with Crippen LogP contribution in [0.25, 0.3) is 0 Å². The van der Waals surface area contributed by atoms with Crippen molar-refractivity contribution in [2.45, 2.75) is 13.0 Å². The molecule has 1 N–H and O–H groups in total. The highest BCUT2D eigenvalue weighted by Crippen LogP contribution is 2.08. The highest BCUT2D eigenvalue weighted by Gasteiger charge is 2.19. The number of hydrogen-bond donors (Lipinski definition) is 1. The predicted octanol–water partition coefficient (Wildman–Crippen LogP) is 0.365. The van der Waals surface area contributed by atoms with E-state index in [-0.39, 0.29) is 10.8 Å². The Morgan fingerprint density at radius 2 is 2.25 bits per heavy atom. The number of carbonyl (C=O) groups is 2. The van der Waals surface area contributed by atoms with Gasteiger partial charge in [0.25, 0.3) is 5.91 Å². The van der Waals surface area contributed by atoms with Crippen molar-refractivity contribution in [3.05, 3.63) is 16.9 Å². The van der Waals surface area contributed by atoms with Crippen LogP contribution in [0.2, 0.25) is 5.15 Å². The number of ether oxygens (including phenoxy) is 1. The van der Waals surface area contributed by atoms with Crippen LogP contribution in [-0.4, -0.2) is 34.8 Å². The summed E-state index contributed by atoms with van der Waals surface area (Å²) < 4.78 is 5.82. The first kappa shape index (κ1) is 12.5. The number of rotatable bonds is 3. The first-order valence-electron chi connectivity index (χ1n) is 4.54. The number of carbonyl (C=O) groups excluding carboxylic acids is 2. The molecule has 88 valence electrons. The van der Waals surface area contributed by atoms with E-state index >= 15 is 0 Å². The number of methoxy groups -OCH3 is 1. The second kappa shape index (κ2) is 4.98. The summed E-state index contributed by atoms with van der Waals surface area (Å²) in [4.78, 5) is 22.8. The smallest absolute Gasteiger partial charge is 0.328 e. The molecule has 0 aliphatic heterocycles. The third-order valence-electron chi connectivity index (χ3n) is 1.98. The third kappa shape index (κ3) is 2.73. The van der Waals surface area contributed by atoms with E-state index in [9.17, 15) is 9.59 Å². The van der Waals surface area contributed by atoms with Gasteiger partial charge in [-0.15, -0.1) is 0 Å². The van der Waals surface area contributed by atoms with Crippen LogP contribution < -0.4 is 5.32 Å². The molecule has 1 rings (SSSR count). The monoisotopic (exact) mass is 245 g/mol. The van der Waals surface area contributed by atoms with E-state index in [0.29, 0.717) is 0 Å². The summed E-state index contributed by atoms with van der Waals surface area (Å²) in [5.74, 6) is -0.943. The van der Waals surface area contributed by atoms with Gasteiger partial charge in [-0.05, 0) is 6.92 Å². The van der Waals surface area contributed by atoms with Gasteiger partial charge in [0, 0.05) is 13.1 Å². The van der Waals surface area contributed by atoms with Crippen molar-refractivity contribution in [2.75, 3.05) is 7.11 Å². The molecular formula is C9H12ClN3O3. The first-order chi connectivity index (χ1) is 7.45. The minimum Gasteiger partial charge on any atom is -0.467 e. The molecule has 7 heteroatoms. The lowest BCUT2D eigenvalue weighted by Gasteiger charge is -2.11. The van der Waals surface area contributed by atoms with Gasteiger partial charge in [-0.25, -0.2) is 4.79 Å². The summed E-state index contributed by atoms with van der Waals surface area (Å²) in [6.07, 6.45) is 0. The molecule has 0 radical (unpaired) electrons. The van der Waals surface area contributed by atoms with Gasteiger partial charge < -0.3 is 10.1 Å². The van der Waals surface area contributed by atoms with Gasteiger partial charge in [-0.3, -0.25) is 9.48 Å². The Morgan fingerprint density at radius 1 is 1.62 bits per heavy atom. The Balaban J connectivity index is 2.73. The van der Waals surface area contributed by atoms with Crippen molar-refractivity contribution in [3.8, 4) is 0 Å². The van der Waals surface area contributed by atoms with Crippen LogP contribution in [0.4, 0.5) is 0 Å². The second-order valence-corrected chi connectivity index (χ2v) is 3.58. The summed E-state index contributed by atoms with van der Waals surface area (Å²) >= 11 is 5.63. The highest BCUT2D eigenvalue weighted by atomic mass is 35.5. The van der Waals surface area contributed by atoms with Gasteiger partial charge in [0.15, 0.2) is 5.15 Å². The van der Waals surface area contributed by atoms with Crippen molar-refractivity contribution < 1.29 is 14.3 Å². The standard InChI is InChI=1S/C9H12ClN3O3/c1-5(9(15)16-3)11-8(14)6-4-7(10)12-13(6)2/h4-5H,1-3H3,(H,11,14)/t5-/m0/s1. The largest absolute Gasteiger partial charge is 0.467 e. The number of amides is 1. The average molecular weight is 246 g/mol. The molecule has 0 aliphatic carbocycles. The highest BCUT2D eigenvalue weighted by molar-refractivity contribution is 6.29. The molecule has 1 heterocycles. The lowest BCUT2D eigenvalue weighted by Crippen LogP contribution is -2.39. The molecule has 0 saturated heterocycles. The maximum absolute atomic E-state index is 11.7. The third-order valence-corrected chi connectivity index (χ3v) is 2.17. The Kier molecular flexibility index (Phi) is 3.89. The Labute approximate surface area is 97.5 Å². The molecule has 1 aromatic heterocycles. The Morgan fingerprint density at radius 3 is 2.69 bits per heavy atom. The van der Waals surface area contributed by atoms with E-state index in [2.05, 4.69) is 15.2 Å². The zero-order chi connectivity index (χ0) is 12.3. The minimum absolute atomic E-state index is 0.221. The number of esters is 1. The number of nitrogens with one attached hydrogen (secondary N) is 1. The summed E-state index contributed by atoms with van der Waals surface area (Å²) in [6.45, 7) is 1.53. The fourth-order valence-corrected chi connectivity index (χ4v) is 1.37. The molecule has 16 heavy (non-hydrogen) atoms. The zero-order valence-corrected chi connectivity index (χ0v) is 9.91. The lowest BCUT2D eigenvalue weighted by molar-refractivity contribution is -0.142. The molecule has 0 aliphatic rings. The molecule has 0 bridgehead atoms. The summed E-state index contributed by atoms with van der Waals surface area (Å²) in [5.41, 5.74) is 0.278. The Hall–Kier alpha value is -1.56. The molecule has 0 unspecified atom stereocenters. The molecular weight excluding hydrogens is 234 g/mol. The second-order valence-electron chi connectivity index (χ2n) is 3.19. The van der Waals surface area contributed by atoms with E-state index in [1.54, 1.807) is 7.05 Å². The number of aryl methyl sites for hydroxylation is 1. The van der Waals surface area contributed by atoms with Crippen LogP contribution in [0.1, 0.15) is 17.4 Å². The van der Waals surface area contributed by atoms with Gasteiger partial charge in [0.1, 0.15) is 11.7 Å². The zero-order valence-electron chi connectivity index (χ0n) is 9.15. The Bertz CT molecular complexity index is 416. The van der Waals surface area contributed by atoms with Gasteiger partial charge in [-0.1, -0.05) is 11.6 Å². The van der Waals surface area contributed by atoms with E-state index in [4.69, 9.17) is 11.6 Å². The van der Waals surface area contributed by atoms with E-state index < -0.39 is 17.9 Å². The number of hydrogen-bond acceptors (Lipinski definition) is 4. The van der Waals surface area contributed by atoms with Gasteiger partial charge in [0.2, 0.25) is 0 Å². The summed E-state index contributed by atoms with van der Waals surface area (Å²) in [7, 11) is 2.84. The number of aromatic nitrogens is 2. The fourth-order valence-electron chi connectivity index (χ4n) is 1.15. The van der Waals surface area contributed by atoms with E-state index in [0.717, 1.165) is 0 Å². The molecule has 0 saturated carbocycles. The molecule has 1 amide bonds. The topological polar surface area (TPSA) is 73.2 Å². The number of nitrogens with zero attached hydrogens (tertiary/aromatic N) is 2.